The Bertz CT molecular complexity index is 588. The van der Waals surface area contributed by atoms with E-state index in [1.54, 1.807) is 6.07 Å². The van der Waals surface area contributed by atoms with Crippen molar-refractivity contribution in [3.05, 3.63) is 27.1 Å². The highest BCUT2D eigenvalue weighted by Crippen LogP contribution is 2.33. The van der Waals surface area contributed by atoms with Crippen molar-refractivity contribution in [3.63, 3.8) is 0 Å². The van der Waals surface area contributed by atoms with Crippen LogP contribution in [0.5, 0.6) is 0 Å². The summed E-state index contributed by atoms with van der Waals surface area (Å²) in [7, 11) is 0. The number of ether oxygens (including phenoxy) is 1. The molecular formula is C14H14Br2N2O3. The highest BCUT2D eigenvalue weighted by Gasteiger charge is 2.43. The second-order valence-electron chi connectivity index (χ2n) is 5.03. The average molecular weight is 418 g/mol. The molecule has 2 aliphatic heterocycles. The van der Waals surface area contributed by atoms with Gasteiger partial charge in [-0.05, 0) is 34.1 Å². The number of anilines is 1. The van der Waals surface area contributed by atoms with E-state index in [1.165, 1.54) is 4.90 Å². The normalized spacial score (nSPS) is 23.9. The lowest BCUT2D eigenvalue weighted by Crippen LogP contribution is -2.47. The summed E-state index contributed by atoms with van der Waals surface area (Å²) in [5.41, 5.74) is 0.601. The van der Waals surface area contributed by atoms with Crippen LogP contribution in [0, 0.1) is 0 Å². The molecule has 112 valence electrons. The molecule has 21 heavy (non-hydrogen) atoms. The minimum Gasteiger partial charge on any atom is -0.379 e. The van der Waals surface area contributed by atoms with Crippen LogP contribution in [-0.2, 0) is 14.3 Å². The number of carbonyl (C=O) groups excluding carboxylic acids is 2. The zero-order valence-corrected chi connectivity index (χ0v) is 14.4. The van der Waals surface area contributed by atoms with E-state index >= 15 is 0 Å². The third-order valence-electron chi connectivity index (χ3n) is 3.76. The Morgan fingerprint density at radius 2 is 1.86 bits per heavy atom. The standard InChI is InChI=1S/C14H14Br2N2O3/c15-9-1-2-11(10(16)7-9)18-13(19)8-12(14(18)20)17-3-5-21-6-4-17/h1-2,7,12H,3-6,8H2/t12-/m0/s1. The summed E-state index contributed by atoms with van der Waals surface area (Å²) in [5, 5.41) is 0. The topological polar surface area (TPSA) is 49.9 Å². The Hall–Kier alpha value is -0.760. The fraction of sp³-hybridized carbons (Fsp3) is 0.429. The van der Waals surface area contributed by atoms with Crippen LogP contribution in [0.3, 0.4) is 0 Å². The van der Waals surface area contributed by atoms with Crippen molar-refractivity contribution >= 4 is 49.4 Å². The molecule has 1 aromatic carbocycles. The minimum absolute atomic E-state index is 0.148. The fourth-order valence-electron chi connectivity index (χ4n) is 2.71. The summed E-state index contributed by atoms with van der Waals surface area (Å²) in [5.74, 6) is -0.301. The number of halogens is 2. The molecule has 0 bridgehead atoms. The number of hydrogen-bond donors (Lipinski definition) is 0. The maximum Gasteiger partial charge on any atom is 0.251 e. The molecule has 2 amide bonds. The number of imide groups is 1. The Morgan fingerprint density at radius 3 is 2.52 bits per heavy atom. The van der Waals surface area contributed by atoms with Crippen LogP contribution in [0.2, 0.25) is 0 Å². The first-order valence-corrected chi connectivity index (χ1v) is 8.30. The van der Waals surface area contributed by atoms with Crippen LogP contribution in [0.4, 0.5) is 5.69 Å². The molecule has 0 aromatic heterocycles. The zero-order chi connectivity index (χ0) is 15.0. The quantitative estimate of drug-likeness (QED) is 0.692. The molecule has 0 saturated carbocycles. The first-order valence-electron chi connectivity index (χ1n) is 6.71. The Morgan fingerprint density at radius 1 is 1.14 bits per heavy atom. The van der Waals surface area contributed by atoms with Gasteiger partial charge >= 0.3 is 0 Å². The molecule has 3 rings (SSSR count). The predicted molar refractivity (Wildman–Crippen MR) is 85.1 cm³/mol. The van der Waals surface area contributed by atoms with E-state index in [-0.39, 0.29) is 24.3 Å². The van der Waals surface area contributed by atoms with Crippen molar-refractivity contribution in [3.8, 4) is 0 Å². The molecule has 1 aromatic rings. The lowest BCUT2D eigenvalue weighted by atomic mass is 10.2. The molecule has 0 N–H and O–H groups in total. The third-order valence-corrected chi connectivity index (χ3v) is 4.89. The van der Waals surface area contributed by atoms with Crippen LogP contribution in [-0.4, -0.2) is 49.1 Å². The summed E-state index contributed by atoms with van der Waals surface area (Å²) in [4.78, 5) is 28.3. The monoisotopic (exact) mass is 416 g/mol. The molecule has 2 aliphatic rings. The summed E-state index contributed by atoms with van der Waals surface area (Å²) in [6.07, 6.45) is 0.237. The molecule has 2 saturated heterocycles. The average Bonchev–Trinajstić information content (AvgIpc) is 2.76. The van der Waals surface area contributed by atoms with E-state index in [9.17, 15) is 9.59 Å². The number of benzene rings is 1. The number of rotatable bonds is 2. The van der Waals surface area contributed by atoms with Crippen LogP contribution in [0.1, 0.15) is 6.42 Å². The van der Waals surface area contributed by atoms with Gasteiger partial charge in [0, 0.05) is 22.0 Å². The van der Waals surface area contributed by atoms with Crippen molar-refractivity contribution < 1.29 is 14.3 Å². The number of morpholine rings is 1. The van der Waals surface area contributed by atoms with Crippen LogP contribution in [0.15, 0.2) is 27.1 Å². The lowest BCUT2D eigenvalue weighted by molar-refractivity contribution is -0.123. The van der Waals surface area contributed by atoms with Crippen LogP contribution in [0.25, 0.3) is 0 Å². The van der Waals surface area contributed by atoms with Crippen molar-refractivity contribution in [1.82, 2.24) is 4.90 Å². The van der Waals surface area contributed by atoms with E-state index in [0.717, 1.165) is 8.95 Å². The van der Waals surface area contributed by atoms with Crippen LogP contribution >= 0.6 is 31.9 Å². The molecule has 0 radical (unpaired) electrons. The van der Waals surface area contributed by atoms with Crippen molar-refractivity contribution in [1.29, 1.82) is 0 Å². The van der Waals surface area contributed by atoms with Gasteiger partial charge in [0.05, 0.1) is 31.4 Å². The van der Waals surface area contributed by atoms with Crippen LogP contribution < -0.4 is 4.90 Å². The van der Waals surface area contributed by atoms with E-state index < -0.39 is 0 Å². The molecule has 0 unspecified atom stereocenters. The number of nitrogens with zero attached hydrogens (tertiary/aromatic N) is 2. The second kappa shape index (κ2) is 6.16. The maximum atomic E-state index is 12.6. The van der Waals surface area contributed by atoms with Gasteiger partial charge in [-0.1, -0.05) is 15.9 Å². The summed E-state index contributed by atoms with van der Waals surface area (Å²) < 4.78 is 6.91. The predicted octanol–water partition coefficient (Wildman–Crippen LogP) is 2.18. The number of hydrogen-bond acceptors (Lipinski definition) is 4. The van der Waals surface area contributed by atoms with Gasteiger partial charge in [-0.3, -0.25) is 14.5 Å². The summed E-state index contributed by atoms with van der Waals surface area (Å²) >= 11 is 6.79. The molecule has 5 nitrogen and oxygen atoms in total. The van der Waals surface area contributed by atoms with Gasteiger partial charge in [0.25, 0.3) is 5.91 Å². The minimum atomic E-state index is -0.364. The Balaban J connectivity index is 1.86. The summed E-state index contributed by atoms with van der Waals surface area (Å²) in [6.45, 7) is 2.61. The zero-order valence-electron chi connectivity index (χ0n) is 11.2. The molecule has 0 spiro atoms. The van der Waals surface area contributed by atoms with Crippen molar-refractivity contribution in [2.24, 2.45) is 0 Å². The van der Waals surface area contributed by atoms with Crippen molar-refractivity contribution in [2.75, 3.05) is 31.2 Å². The largest absolute Gasteiger partial charge is 0.379 e. The van der Waals surface area contributed by atoms with Gasteiger partial charge in [0.2, 0.25) is 5.91 Å². The highest BCUT2D eigenvalue weighted by molar-refractivity contribution is 9.11. The van der Waals surface area contributed by atoms with E-state index in [0.29, 0.717) is 32.0 Å². The first-order chi connectivity index (χ1) is 10.1. The fourth-order valence-corrected chi connectivity index (χ4v) is 3.93. The van der Waals surface area contributed by atoms with Gasteiger partial charge in [0.15, 0.2) is 0 Å². The molecular weight excluding hydrogens is 404 g/mol. The molecule has 1 atom stereocenters. The highest BCUT2D eigenvalue weighted by atomic mass is 79.9. The molecule has 7 heteroatoms. The molecule has 2 heterocycles. The van der Waals surface area contributed by atoms with E-state index in [2.05, 4.69) is 31.9 Å². The van der Waals surface area contributed by atoms with E-state index in [1.807, 2.05) is 17.0 Å². The van der Waals surface area contributed by atoms with E-state index in [4.69, 9.17) is 4.74 Å². The Kier molecular flexibility index (Phi) is 4.44. The second-order valence-corrected chi connectivity index (χ2v) is 6.80. The van der Waals surface area contributed by atoms with Gasteiger partial charge in [0.1, 0.15) is 0 Å². The third kappa shape index (κ3) is 2.92. The molecule has 2 fully saturated rings. The first kappa shape index (κ1) is 15.1. The lowest BCUT2D eigenvalue weighted by Gasteiger charge is -2.30. The van der Waals surface area contributed by atoms with Gasteiger partial charge in [-0.15, -0.1) is 0 Å². The SMILES string of the molecule is O=C1C[C@H](N2CCOCC2)C(=O)N1c1ccc(Br)cc1Br. The molecule has 0 aliphatic carbocycles. The summed E-state index contributed by atoms with van der Waals surface area (Å²) in [6, 6.07) is 5.06. The van der Waals surface area contributed by atoms with Gasteiger partial charge in [-0.2, -0.15) is 0 Å². The van der Waals surface area contributed by atoms with Gasteiger partial charge in [-0.25, -0.2) is 4.90 Å². The Labute approximate surface area is 139 Å². The number of amides is 2. The van der Waals surface area contributed by atoms with Gasteiger partial charge < -0.3 is 4.74 Å². The smallest absolute Gasteiger partial charge is 0.251 e. The van der Waals surface area contributed by atoms with Crippen molar-refractivity contribution in [2.45, 2.75) is 12.5 Å². The number of carbonyl (C=O) groups is 2. The maximum absolute atomic E-state index is 12.6.